The molecule has 21 heavy (non-hydrogen) atoms. The van der Waals surface area contributed by atoms with Gasteiger partial charge < -0.3 is 9.73 Å². The topological polar surface area (TPSA) is 83.8 Å². The highest BCUT2D eigenvalue weighted by atomic mass is 32.2. The standard InChI is InChI=1S/C14H14N4O2S/c1-2-9-7-15-18-13(9)17-12(19)8-21-14-16-10-5-3-4-6-11(10)20-14/h3-7H,2,8H2,1H3,(H2,15,17,18,19). The molecule has 0 atom stereocenters. The van der Waals surface area contributed by atoms with E-state index in [1.54, 1.807) is 6.20 Å². The van der Waals surface area contributed by atoms with Crippen LogP contribution in [0.2, 0.25) is 0 Å². The average molecular weight is 302 g/mol. The second-order valence-electron chi connectivity index (χ2n) is 4.41. The summed E-state index contributed by atoms with van der Waals surface area (Å²) in [7, 11) is 0. The van der Waals surface area contributed by atoms with E-state index in [0.29, 0.717) is 11.0 Å². The third-order valence-electron chi connectivity index (χ3n) is 2.96. The van der Waals surface area contributed by atoms with Gasteiger partial charge in [0.15, 0.2) is 5.58 Å². The van der Waals surface area contributed by atoms with Gasteiger partial charge in [0.05, 0.1) is 11.9 Å². The van der Waals surface area contributed by atoms with Crippen LogP contribution in [0, 0.1) is 0 Å². The summed E-state index contributed by atoms with van der Waals surface area (Å²) in [5, 5.41) is 9.98. The van der Waals surface area contributed by atoms with Crippen LogP contribution in [0.3, 0.4) is 0 Å². The highest BCUT2D eigenvalue weighted by molar-refractivity contribution is 7.99. The number of hydrogen-bond donors (Lipinski definition) is 2. The Kier molecular flexibility index (Phi) is 3.92. The fraction of sp³-hybridized carbons (Fsp3) is 0.214. The van der Waals surface area contributed by atoms with Crippen LogP contribution in [0.4, 0.5) is 5.82 Å². The van der Waals surface area contributed by atoms with Gasteiger partial charge in [-0.2, -0.15) is 5.10 Å². The van der Waals surface area contributed by atoms with Crippen LogP contribution in [-0.4, -0.2) is 26.8 Å². The first-order valence-electron chi connectivity index (χ1n) is 6.56. The number of oxazole rings is 1. The van der Waals surface area contributed by atoms with Crippen molar-refractivity contribution in [2.24, 2.45) is 0 Å². The molecule has 0 spiro atoms. The van der Waals surface area contributed by atoms with E-state index in [4.69, 9.17) is 4.42 Å². The molecule has 0 radical (unpaired) electrons. The quantitative estimate of drug-likeness (QED) is 0.708. The molecule has 3 aromatic rings. The van der Waals surface area contributed by atoms with Crippen molar-refractivity contribution in [3.8, 4) is 0 Å². The van der Waals surface area contributed by atoms with Gasteiger partial charge in [-0.15, -0.1) is 0 Å². The van der Waals surface area contributed by atoms with Gasteiger partial charge in [-0.3, -0.25) is 9.89 Å². The number of nitrogens with zero attached hydrogens (tertiary/aromatic N) is 2. The number of carbonyl (C=O) groups excluding carboxylic acids is 1. The van der Waals surface area contributed by atoms with Crippen molar-refractivity contribution >= 4 is 34.6 Å². The molecule has 2 N–H and O–H groups in total. The van der Waals surface area contributed by atoms with Crippen molar-refractivity contribution in [3.63, 3.8) is 0 Å². The van der Waals surface area contributed by atoms with Crippen molar-refractivity contribution in [3.05, 3.63) is 36.0 Å². The predicted molar refractivity (Wildman–Crippen MR) is 81.3 cm³/mol. The minimum atomic E-state index is -0.124. The molecule has 1 aromatic carbocycles. The number of aromatic amines is 1. The number of carbonyl (C=O) groups is 1. The number of benzene rings is 1. The lowest BCUT2D eigenvalue weighted by Crippen LogP contribution is -2.15. The fourth-order valence-corrected chi connectivity index (χ4v) is 2.54. The Balaban J connectivity index is 1.60. The van der Waals surface area contributed by atoms with Crippen LogP contribution in [0.15, 0.2) is 40.1 Å². The van der Waals surface area contributed by atoms with E-state index in [2.05, 4.69) is 20.5 Å². The van der Waals surface area contributed by atoms with E-state index < -0.39 is 0 Å². The van der Waals surface area contributed by atoms with Crippen molar-refractivity contribution in [2.75, 3.05) is 11.1 Å². The lowest BCUT2D eigenvalue weighted by atomic mass is 10.2. The summed E-state index contributed by atoms with van der Waals surface area (Å²) in [5.41, 5.74) is 2.50. The number of aromatic nitrogens is 3. The number of amides is 1. The van der Waals surface area contributed by atoms with Crippen molar-refractivity contribution < 1.29 is 9.21 Å². The maximum Gasteiger partial charge on any atom is 0.257 e. The molecule has 0 unspecified atom stereocenters. The number of fused-ring (bicyclic) bond motifs is 1. The van der Waals surface area contributed by atoms with Crippen LogP contribution in [0.1, 0.15) is 12.5 Å². The Bertz CT molecular complexity index is 732. The predicted octanol–water partition coefficient (Wildman–Crippen LogP) is 2.84. The van der Waals surface area contributed by atoms with E-state index in [1.807, 2.05) is 31.2 Å². The third-order valence-corrected chi connectivity index (χ3v) is 3.79. The van der Waals surface area contributed by atoms with Gasteiger partial charge in [0, 0.05) is 5.56 Å². The first kappa shape index (κ1) is 13.7. The van der Waals surface area contributed by atoms with E-state index in [9.17, 15) is 4.79 Å². The molecule has 0 aliphatic rings. The summed E-state index contributed by atoms with van der Waals surface area (Å²) in [6, 6.07) is 7.52. The molecule has 0 aliphatic heterocycles. The number of para-hydroxylation sites is 2. The Morgan fingerprint density at radius 3 is 3.10 bits per heavy atom. The molecule has 0 saturated heterocycles. The smallest absolute Gasteiger partial charge is 0.257 e. The SMILES string of the molecule is CCc1cn[nH]c1NC(=O)CSc1nc2ccccc2o1. The monoisotopic (exact) mass is 302 g/mol. The molecular formula is C14H14N4O2S. The van der Waals surface area contributed by atoms with Gasteiger partial charge in [-0.1, -0.05) is 30.8 Å². The van der Waals surface area contributed by atoms with E-state index >= 15 is 0 Å². The fourth-order valence-electron chi connectivity index (χ4n) is 1.90. The molecule has 0 aliphatic carbocycles. The van der Waals surface area contributed by atoms with E-state index in [0.717, 1.165) is 23.1 Å². The summed E-state index contributed by atoms with van der Waals surface area (Å²) in [5.74, 6) is 0.761. The molecule has 2 aromatic heterocycles. The number of H-pyrrole nitrogens is 1. The Hall–Kier alpha value is -2.28. The highest BCUT2D eigenvalue weighted by Gasteiger charge is 2.11. The number of anilines is 1. The lowest BCUT2D eigenvalue weighted by Gasteiger charge is -2.03. The molecule has 0 bridgehead atoms. The first-order valence-corrected chi connectivity index (χ1v) is 7.55. The van der Waals surface area contributed by atoms with Gasteiger partial charge >= 0.3 is 0 Å². The molecule has 6 nitrogen and oxygen atoms in total. The third kappa shape index (κ3) is 3.08. The Morgan fingerprint density at radius 1 is 1.43 bits per heavy atom. The van der Waals surface area contributed by atoms with E-state index in [1.165, 1.54) is 11.8 Å². The van der Waals surface area contributed by atoms with Crippen LogP contribution < -0.4 is 5.32 Å². The maximum absolute atomic E-state index is 11.9. The van der Waals surface area contributed by atoms with E-state index in [-0.39, 0.29) is 11.7 Å². The molecule has 3 rings (SSSR count). The van der Waals surface area contributed by atoms with Gasteiger partial charge in [0.2, 0.25) is 5.91 Å². The Morgan fingerprint density at radius 2 is 2.29 bits per heavy atom. The summed E-state index contributed by atoms with van der Waals surface area (Å²) in [6.07, 6.45) is 2.52. The van der Waals surface area contributed by atoms with Crippen molar-refractivity contribution in [1.29, 1.82) is 0 Å². The summed E-state index contributed by atoms with van der Waals surface area (Å²) in [4.78, 5) is 16.2. The van der Waals surface area contributed by atoms with Gasteiger partial charge in [0.25, 0.3) is 5.22 Å². The number of aryl methyl sites for hydroxylation is 1. The normalized spacial score (nSPS) is 10.9. The second-order valence-corrected chi connectivity index (χ2v) is 5.33. The first-order chi connectivity index (χ1) is 10.3. The molecule has 108 valence electrons. The lowest BCUT2D eigenvalue weighted by molar-refractivity contribution is -0.113. The molecule has 7 heteroatoms. The minimum Gasteiger partial charge on any atom is -0.431 e. The number of rotatable bonds is 5. The molecule has 1 amide bonds. The molecular weight excluding hydrogens is 288 g/mol. The van der Waals surface area contributed by atoms with Gasteiger partial charge in [-0.25, -0.2) is 4.98 Å². The maximum atomic E-state index is 11.9. The number of hydrogen-bond acceptors (Lipinski definition) is 5. The van der Waals surface area contributed by atoms with Crippen molar-refractivity contribution in [1.82, 2.24) is 15.2 Å². The summed E-state index contributed by atoms with van der Waals surface area (Å²) in [6.45, 7) is 2.01. The zero-order chi connectivity index (χ0) is 14.7. The summed E-state index contributed by atoms with van der Waals surface area (Å²) >= 11 is 1.27. The minimum absolute atomic E-state index is 0.124. The van der Waals surface area contributed by atoms with Crippen LogP contribution in [0.25, 0.3) is 11.1 Å². The zero-order valence-corrected chi connectivity index (χ0v) is 12.2. The number of thioether (sulfide) groups is 1. The average Bonchev–Trinajstić information content (AvgIpc) is 3.10. The molecule has 0 saturated carbocycles. The number of nitrogens with one attached hydrogen (secondary N) is 2. The zero-order valence-electron chi connectivity index (χ0n) is 11.4. The summed E-state index contributed by atoms with van der Waals surface area (Å²) < 4.78 is 5.55. The van der Waals surface area contributed by atoms with Gasteiger partial charge in [-0.05, 0) is 18.6 Å². The molecule has 2 heterocycles. The highest BCUT2D eigenvalue weighted by Crippen LogP contribution is 2.23. The van der Waals surface area contributed by atoms with Crippen LogP contribution in [-0.2, 0) is 11.2 Å². The van der Waals surface area contributed by atoms with Gasteiger partial charge in [0.1, 0.15) is 11.3 Å². The van der Waals surface area contributed by atoms with Crippen molar-refractivity contribution in [2.45, 2.75) is 18.6 Å². The molecule has 0 fully saturated rings. The Labute approximate surface area is 125 Å². The van der Waals surface area contributed by atoms with Crippen LogP contribution >= 0.6 is 11.8 Å². The van der Waals surface area contributed by atoms with Crippen LogP contribution in [0.5, 0.6) is 0 Å². The second kappa shape index (κ2) is 6.01. The largest absolute Gasteiger partial charge is 0.431 e.